The summed E-state index contributed by atoms with van der Waals surface area (Å²) in [7, 11) is 0. The monoisotopic (exact) mass is 287 g/mol. The van der Waals surface area contributed by atoms with Crippen molar-refractivity contribution in [1.82, 2.24) is 10.2 Å². The molecule has 0 bridgehead atoms. The van der Waals surface area contributed by atoms with Gasteiger partial charge in [0.15, 0.2) is 5.11 Å². The minimum atomic E-state index is -0.819. The Hall–Kier alpha value is -1.04. The van der Waals surface area contributed by atoms with E-state index in [1.54, 1.807) is 4.90 Å². The number of nitrogens with one attached hydrogen (secondary N) is 1. The maximum absolute atomic E-state index is 11.4. The number of nitrogens with zero attached hydrogens (tertiary/aromatic N) is 1. The van der Waals surface area contributed by atoms with Gasteiger partial charge in [0.05, 0.1) is 0 Å². The van der Waals surface area contributed by atoms with Crippen LogP contribution in [0.4, 0.5) is 4.79 Å². The molecule has 6 heteroatoms. The van der Waals surface area contributed by atoms with E-state index in [0.717, 1.165) is 25.7 Å². The Balaban J connectivity index is 2.55. The molecule has 0 aromatic rings. The molecule has 0 radical (unpaired) electrons. The average Bonchev–Trinajstić information content (AvgIpc) is 2.25. The smallest absolute Gasteiger partial charge is 0.407 e. The number of nitrogens with two attached hydrogens (primary N) is 1. The first-order chi connectivity index (χ1) is 8.69. The van der Waals surface area contributed by atoms with Crippen LogP contribution >= 0.6 is 12.2 Å². The second-order valence-corrected chi connectivity index (χ2v) is 6.92. The number of hydrogen-bond acceptors (Lipinski definition) is 2. The fourth-order valence-electron chi connectivity index (χ4n) is 2.60. The molecule has 0 spiro atoms. The highest BCUT2D eigenvalue weighted by atomic mass is 32.1. The van der Waals surface area contributed by atoms with Gasteiger partial charge in [0.1, 0.15) is 0 Å². The summed E-state index contributed by atoms with van der Waals surface area (Å²) >= 11 is 4.83. The lowest BCUT2D eigenvalue weighted by atomic mass is 9.88. The first-order valence-corrected chi connectivity index (χ1v) is 7.15. The van der Waals surface area contributed by atoms with E-state index in [1.807, 2.05) is 0 Å². The van der Waals surface area contributed by atoms with Gasteiger partial charge in [-0.15, -0.1) is 0 Å². The minimum Gasteiger partial charge on any atom is -0.465 e. The van der Waals surface area contributed by atoms with Crippen molar-refractivity contribution in [2.45, 2.75) is 58.5 Å². The Labute approximate surface area is 120 Å². The molecule has 110 valence electrons. The molecule has 1 aliphatic carbocycles. The van der Waals surface area contributed by atoms with Gasteiger partial charge in [0.2, 0.25) is 0 Å². The first kappa shape index (κ1) is 16.0. The Kier molecular flexibility index (Phi) is 5.40. The summed E-state index contributed by atoms with van der Waals surface area (Å²) in [6, 6.07) is 0.403. The van der Waals surface area contributed by atoms with Crippen LogP contribution in [0.25, 0.3) is 0 Å². The molecule has 1 amide bonds. The zero-order valence-corrected chi connectivity index (χ0v) is 12.8. The zero-order valence-electron chi connectivity index (χ0n) is 12.0. The van der Waals surface area contributed by atoms with E-state index in [0.29, 0.717) is 17.7 Å². The number of amides is 1. The van der Waals surface area contributed by atoms with Gasteiger partial charge in [0.25, 0.3) is 0 Å². The van der Waals surface area contributed by atoms with Crippen molar-refractivity contribution in [1.29, 1.82) is 0 Å². The number of carbonyl (C=O) groups is 1. The standard InChI is InChI=1S/C13H25N3O2S/c1-13(2,3)8-16(12(17)18)10-6-4-9(5-7-10)15-11(14)19/h9-10H,4-8H2,1-3H3,(H,17,18)(H3,14,15,19). The lowest BCUT2D eigenvalue weighted by Crippen LogP contribution is -2.48. The highest BCUT2D eigenvalue weighted by Crippen LogP contribution is 2.26. The van der Waals surface area contributed by atoms with Crippen molar-refractivity contribution < 1.29 is 9.90 Å². The van der Waals surface area contributed by atoms with Crippen molar-refractivity contribution in [3.8, 4) is 0 Å². The number of thiocarbonyl (C=S) groups is 1. The Morgan fingerprint density at radius 1 is 1.37 bits per heavy atom. The molecule has 0 atom stereocenters. The highest BCUT2D eigenvalue weighted by Gasteiger charge is 2.31. The fraction of sp³-hybridized carbons (Fsp3) is 0.846. The van der Waals surface area contributed by atoms with Crippen molar-refractivity contribution in [3.05, 3.63) is 0 Å². The van der Waals surface area contributed by atoms with E-state index in [4.69, 9.17) is 18.0 Å². The van der Waals surface area contributed by atoms with Gasteiger partial charge < -0.3 is 21.1 Å². The Morgan fingerprint density at radius 3 is 2.26 bits per heavy atom. The molecule has 1 rings (SSSR count). The maximum Gasteiger partial charge on any atom is 0.407 e. The summed E-state index contributed by atoms with van der Waals surface area (Å²) in [5, 5.41) is 12.8. The Morgan fingerprint density at radius 2 is 1.89 bits per heavy atom. The van der Waals surface area contributed by atoms with Crippen molar-refractivity contribution >= 4 is 23.4 Å². The lowest BCUT2D eigenvalue weighted by molar-refractivity contribution is 0.0859. The van der Waals surface area contributed by atoms with E-state index in [9.17, 15) is 9.90 Å². The first-order valence-electron chi connectivity index (χ1n) is 6.74. The molecule has 0 saturated heterocycles. The molecule has 1 fully saturated rings. The third kappa shape index (κ3) is 5.63. The third-order valence-corrected chi connectivity index (χ3v) is 3.49. The number of rotatable bonds is 3. The molecular formula is C13H25N3O2S. The summed E-state index contributed by atoms with van der Waals surface area (Å²) < 4.78 is 0. The van der Waals surface area contributed by atoms with Crippen LogP contribution in [0.15, 0.2) is 0 Å². The van der Waals surface area contributed by atoms with Crippen LogP contribution in [0.5, 0.6) is 0 Å². The second kappa shape index (κ2) is 6.41. The second-order valence-electron chi connectivity index (χ2n) is 6.49. The quantitative estimate of drug-likeness (QED) is 0.693. The molecule has 1 saturated carbocycles. The van der Waals surface area contributed by atoms with Crippen LogP contribution in [0.2, 0.25) is 0 Å². The van der Waals surface area contributed by atoms with Gasteiger partial charge >= 0.3 is 6.09 Å². The van der Waals surface area contributed by atoms with E-state index >= 15 is 0 Å². The van der Waals surface area contributed by atoms with Crippen LogP contribution in [-0.2, 0) is 0 Å². The predicted molar refractivity (Wildman–Crippen MR) is 80.2 cm³/mol. The van der Waals surface area contributed by atoms with Crippen LogP contribution in [0, 0.1) is 5.41 Å². The van der Waals surface area contributed by atoms with Crippen molar-refractivity contribution in [2.24, 2.45) is 11.1 Å². The maximum atomic E-state index is 11.4. The van der Waals surface area contributed by atoms with Crippen molar-refractivity contribution in [3.63, 3.8) is 0 Å². The minimum absolute atomic E-state index is 0.0215. The number of hydrogen-bond donors (Lipinski definition) is 3. The normalized spacial score (nSPS) is 23.7. The van der Waals surface area contributed by atoms with Gasteiger partial charge in [-0.1, -0.05) is 20.8 Å². The average molecular weight is 287 g/mol. The predicted octanol–water partition coefficient (Wildman–Crippen LogP) is 2.16. The summed E-state index contributed by atoms with van der Waals surface area (Å²) in [6.45, 7) is 6.75. The van der Waals surface area contributed by atoms with Crippen molar-refractivity contribution in [2.75, 3.05) is 6.54 Å². The molecule has 0 heterocycles. The van der Waals surface area contributed by atoms with Crippen LogP contribution in [-0.4, -0.2) is 39.8 Å². The summed E-state index contributed by atoms with van der Waals surface area (Å²) in [6.07, 6.45) is 2.73. The van der Waals surface area contributed by atoms with Gasteiger partial charge in [-0.05, 0) is 43.3 Å². The van der Waals surface area contributed by atoms with Gasteiger partial charge in [-0.25, -0.2) is 4.79 Å². The number of carboxylic acid groups (broad SMARTS) is 1. The molecule has 0 aromatic heterocycles. The summed E-state index contributed by atoms with van der Waals surface area (Å²) in [5.74, 6) is 0. The molecule has 4 N–H and O–H groups in total. The lowest BCUT2D eigenvalue weighted by Gasteiger charge is -2.38. The largest absolute Gasteiger partial charge is 0.465 e. The highest BCUT2D eigenvalue weighted by molar-refractivity contribution is 7.80. The zero-order chi connectivity index (χ0) is 14.6. The molecule has 1 aliphatic rings. The molecule has 5 nitrogen and oxygen atoms in total. The SMILES string of the molecule is CC(C)(C)CN(C(=O)O)C1CCC(NC(N)=S)CC1. The van der Waals surface area contributed by atoms with E-state index in [-0.39, 0.29) is 11.5 Å². The van der Waals surface area contributed by atoms with E-state index in [1.165, 1.54) is 0 Å². The summed E-state index contributed by atoms with van der Waals surface area (Å²) in [4.78, 5) is 13.0. The third-order valence-electron chi connectivity index (χ3n) is 3.37. The fourth-order valence-corrected chi connectivity index (χ4v) is 2.76. The van der Waals surface area contributed by atoms with Gasteiger partial charge in [-0.2, -0.15) is 0 Å². The van der Waals surface area contributed by atoms with Gasteiger partial charge in [-0.3, -0.25) is 0 Å². The topological polar surface area (TPSA) is 78.6 Å². The summed E-state index contributed by atoms with van der Waals surface area (Å²) in [5.41, 5.74) is 5.44. The van der Waals surface area contributed by atoms with Crippen LogP contribution in [0.3, 0.4) is 0 Å². The molecule has 0 aromatic carbocycles. The molecular weight excluding hydrogens is 262 g/mol. The van der Waals surface area contributed by atoms with E-state index < -0.39 is 6.09 Å². The molecule has 0 unspecified atom stereocenters. The van der Waals surface area contributed by atoms with Crippen LogP contribution < -0.4 is 11.1 Å². The van der Waals surface area contributed by atoms with E-state index in [2.05, 4.69) is 26.1 Å². The molecule has 19 heavy (non-hydrogen) atoms. The van der Waals surface area contributed by atoms with Crippen LogP contribution in [0.1, 0.15) is 46.5 Å². The van der Waals surface area contributed by atoms with Gasteiger partial charge in [0, 0.05) is 18.6 Å². The Bertz CT molecular complexity index is 333. The molecule has 0 aliphatic heterocycles.